The quantitative estimate of drug-likeness (QED) is 0.195. The smallest absolute Gasteiger partial charge is 0.802 e. The minimum Gasteiger partial charge on any atom is -0.802 e. The van der Waals surface area contributed by atoms with Crippen LogP contribution in [0, 0.1) is 0 Å². The standard InChI is InChI=1S/CHO2.CH5P.CH4.Ca.H2OS/c2-1-3;1-2;;;1-2/h(H,2,3);2H2,1H3;1H4;;1-2H/q-1;;;+2;/p-1/i;;1D;;. The minimum absolute atomic E-state index is 0. The van der Waals surface area contributed by atoms with Crippen molar-refractivity contribution in [2.45, 2.75) is 7.40 Å². The molecule has 0 heterocycles. The molecule has 0 aromatic rings. The molecule has 0 aromatic heterocycles. The Balaban J connectivity index is -0.0000000110. The zero-order valence-corrected chi connectivity index (χ0v) is 9.75. The van der Waals surface area contributed by atoms with Crippen LogP contribution in [0.5, 0.6) is 0 Å². The van der Waals surface area contributed by atoms with Crippen molar-refractivity contribution in [3.8, 4) is 0 Å². The van der Waals surface area contributed by atoms with Crippen LogP contribution in [-0.4, -0.2) is 60.5 Å². The number of rotatable bonds is 0. The van der Waals surface area contributed by atoms with Crippen molar-refractivity contribution in [3.05, 3.63) is 0 Å². The Morgan fingerprint density at radius 1 is 1.78 bits per heavy atom. The third-order valence-electron chi connectivity index (χ3n) is 0. The van der Waals surface area contributed by atoms with Crippen molar-refractivity contribution in [1.29, 1.82) is 0 Å². The second-order valence-electron chi connectivity index (χ2n) is 0.0913. The summed E-state index contributed by atoms with van der Waals surface area (Å²) in [5, 5.41) is 6.76. The first kappa shape index (κ1) is 22.4. The van der Waals surface area contributed by atoms with Gasteiger partial charge in [0.2, 0.25) is 0 Å². The topological polar surface area (TPSA) is 60.4 Å². The first-order valence-corrected chi connectivity index (χ1v) is 2.71. The number of hydrogen-bond acceptors (Lipinski definition) is 3. The molecule has 3 nitrogen and oxygen atoms in total. The van der Waals surface area contributed by atoms with Gasteiger partial charge in [-0.3, -0.25) is 12.9 Å². The molecular formula is C3H11CaO3PS. The summed E-state index contributed by atoms with van der Waals surface area (Å²) in [7, 11) is 3.67. The van der Waals surface area contributed by atoms with Crippen LogP contribution in [0.2, 0.25) is 0 Å². The van der Waals surface area contributed by atoms with E-state index in [4.69, 9.17) is 15.8 Å². The van der Waals surface area contributed by atoms with Crippen LogP contribution in [-0.2, 0) is 4.79 Å². The molecule has 0 aliphatic heterocycles. The molecular weight excluding hydrogens is 187 g/mol. The van der Waals surface area contributed by atoms with Crippen molar-refractivity contribution in [1.82, 2.24) is 0 Å². The summed E-state index contributed by atoms with van der Waals surface area (Å²) in [4.78, 5) is 8.24. The predicted octanol–water partition coefficient (Wildman–Crippen LogP) is 0.405. The van der Waals surface area contributed by atoms with E-state index in [0.717, 1.165) is 0 Å². The van der Waals surface area contributed by atoms with Crippen LogP contribution in [0.15, 0.2) is 0 Å². The molecule has 0 bridgehead atoms. The van der Waals surface area contributed by atoms with Crippen LogP contribution in [0.1, 0.15) is 8.77 Å². The molecule has 0 radical (unpaired) electrons. The zero-order chi connectivity index (χ0) is 8.71. The van der Waals surface area contributed by atoms with E-state index in [9.17, 15) is 0 Å². The zero-order valence-electron chi connectivity index (χ0n) is 6.50. The summed E-state index contributed by atoms with van der Waals surface area (Å²) in [6, 6.07) is 0. The molecule has 0 fully saturated rings. The number of aliphatic hydroxyl groups excluding tert-OH is 1. The van der Waals surface area contributed by atoms with Crippen molar-refractivity contribution in [3.63, 3.8) is 0 Å². The second kappa shape index (κ2) is 111. The SMILES string of the molecule is CP.O=[C-]O.[2H]C.[Ca+2].[O-]S. The normalized spacial score (nSPS) is 3.44. The maximum absolute atomic E-state index is 8.24. The van der Waals surface area contributed by atoms with Gasteiger partial charge in [-0.25, -0.2) is 0 Å². The van der Waals surface area contributed by atoms with Gasteiger partial charge in [-0.1, -0.05) is 20.5 Å². The van der Waals surface area contributed by atoms with Crippen molar-refractivity contribution >= 4 is 66.4 Å². The molecule has 0 rings (SSSR count). The molecule has 0 amide bonds. The molecule has 0 aliphatic carbocycles. The largest absolute Gasteiger partial charge is 2.00 e. The van der Waals surface area contributed by atoms with E-state index in [1.54, 1.807) is 0 Å². The van der Waals surface area contributed by atoms with Gasteiger partial charge < -0.3 is 14.5 Å². The van der Waals surface area contributed by atoms with Gasteiger partial charge in [-0.2, -0.15) is 0 Å². The van der Waals surface area contributed by atoms with Gasteiger partial charge in [0.05, 0.1) is 0 Å². The molecule has 6 heteroatoms. The predicted molar refractivity (Wildman–Crippen MR) is 46.2 cm³/mol. The number of hydrogen-bond donors (Lipinski definition) is 2. The Hall–Kier alpha value is 1.47. The molecule has 0 saturated heterocycles. The van der Waals surface area contributed by atoms with E-state index in [0.29, 0.717) is 6.47 Å². The van der Waals surface area contributed by atoms with Crippen molar-refractivity contribution < 1.29 is 15.8 Å². The Bertz CT molecular complexity index is 31.2. The summed E-state index contributed by atoms with van der Waals surface area (Å²) in [5.41, 5.74) is 0. The van der Waals surface area contributed by atoms with E-state index in [2.05, 4.69) is 22.1 Å². The van der Waals surface area contributed by atoms with Crippen LogP contribution in [0.3, 0.4) is 0 Å². The molecule has 0 aromatic carbocycles. The van der Waals surface area contributed by atoms with Gasteiger partial charge in [0.25, 0.3) is 0 Å². The van der Waals surface area contributed by atoms with Gasteiger partial charge in [-0.05, 0) is 0 Å². The van der Waals surface area contributed by atoms with Gasteiger partial charge in [-0.15, -0.1) is 9.24 Å². The molecule has 54 valence electrons. The van der Waals surface area contributed by atoms with E-state index < -0.39 is 0 Å². The Morgan fingerprint density at radius 2 is 1.78 bits per heavy atom. The molecule has 0 spiro atoms. The first-order valence-electron chi connectivity index (χ1n) is 2.19. The van der Waals surface area contributed by atoms with E-state index in [1.807, 2.05) is 6.66 Å². The molecule has 0 aliphatic rings. The monoisotopic (exact) mass is 199 g/mol. The second-order valence-corrected chi connectivity index (χ2v) is 0.0913. The van der Waals surface area contributed by atoms with Gasteiger partial charge in [0.1, 0.15) is 0 Å². The summed E-state index contributed by atoms with van der Waals surface area (Å²) >= 11 is 2.28. The fourth-order valence-electron chi connectivity index (χ4n) is 0. The summed E-state index contributed by atoms with van der Waals surface area (Å²) in [5.74, 6) is 0. The van der Waals surface area contributed by atoms with Crippen LogP contribution in [0.25, 0.3) is 0 Å². The average molecular weight is 199 g/mol. The van der Waals surface area contributed by atoms with Gasteiger partial charge >= 0.3 is 37.7 Å². The third-order valence-corrected chi connectivity index (χ3v) is 0. The van der Waals surface area contributed by atoms with E-state index in [-0.39, 0.29) is 37.7 Å². The fraction of sp³-hybridized carbons (Fsp3) is 0.667. The summed E-state index contributed by atoms with van der Waals surface area (Å²) in [6.07, 6.45) is 0. The Labute approximate surface area is 95.5 Å². The van der Waals surface area contributed by atoms with Gasteiger partial charge in [0.15, 0.2) is 0 Å². The fourth-order valence-corrected chi connectivity index (χ4v) is 0. The molecule has 1 unspecified atom stereocenters. The number of thiol groups is 1. The molecule has 9 heavy (non-hydrogen) atoms. The van der Waals surface area contributed by atoms with Crippen LogP contribution >= 0.6 is 22.1 Å². The molecule has 1 N–H and O–H groups in total. The van der Waals surface area contributed by atoms with Crippen molar-refractivity contribution in [2.75, 3.05) is 6.66 Å². The summed E-state index contributed by atoms with van der Waals surface area (Å²) < 4.78 is 13.7. The Morgan fingerprint density at radius 3 is 1.78 bits per heavy atom. The van der Waals surface area contributed by atoms with Gasteiger partial charge in [0, 0.05) is 1.37 Å². The molecule has 1 atom stereocenters. The van der Waals surface area contributed by atoms with Crippen molar-refractivity contribution in [2.24, 2.45) is 0 Å². The third kappa shape index (κ3) is 245. The van der Waals surface area contributed by atoms with Crippen LogP contribution < -0.4 is 0 Å². The summed E-state index contributed by atoms with van der Waals surface area (Å²) in [6.45, 7) is 2.42. The average Bonchev–Trinajstić information content (AvgIpc) is 2.01. The van der Waals surface area contributed by atoms with E-state index >= 15 is 0 Å². The Kier molecular flexibility index (Phi) is 278. The van der Waals surface area contributed by atoms with E-state index in [1.165, 1.54) is 7.40 Å². The minimum atomic E-state index is 0. The first-order chi connectivity index (χ1) is 4.41. The maximum Gasteiger partial charge on any atom is 2.00 e. The molecule has 0 saturated carbocycles. The van der Waals surface area contributed by atoms with Crippen LogP contribution in [0.4, 0.5) is 0 Å². The maximum atomic E-state index is 8.24.